The van der Waals surface area contributed by atoms with Gasteiger partial charge < -0.3 is 9.47 Å². The van der Waals surface area contributed by atoms with E-state index in [2.05, 4.69) is 4.98 Å². The third-order valence-corrected chi connectivity index (χ3v) is 3.49. The van der Waals surface area contributed by atoms with Gasteiger partial charge in [0.25, 0.3) is 0 Å². The predicted octanol–water partition coefficient (Wildman–Crippen LogP) is 2.44. The van der Waals surface area contributed by atoms with Crippen molar-refractivity contribution in [1.29, 1.82) is 0 Å². The number of rotatable bonds is 5. The molecule has 1 aromatic heterocycles. The minimum absolute atomic E-state index is 0.358. The molecule has 0 bridgehead atoms. The van der Waals surface area contributed by atoms with E-state index in [4.69, 9.17) is 9.47 Å². The van der Waals surface area contributed by atoms with E-state index >= 15 is 0 Å². The van der Waals surface area contributed by atoms with Gasteiger partial charge in [-0.2, -0.15) is 4.98 Å². The first-order valence-corrected chi connectivity index (χ1v) is 6.61. The van der Waals surface area contributed by atoms with E-state index in [0.29, 0.717) is 24.0 Å². The molecule has 0 unspecified atom stereocenters. The van der Waals surface area contributed by atoms with Crippen LogP contribution in [0.3, 0.4) is 0 Å². The lowest BCUT2D eigenvalue weighted by atomic mass is 10.5. The Morgan fingerprint density at radius 3 is 2.73 bits per heavy atom. The first-order valence-electron chi connectivity index (χ1n) is 4.57. The van der Waals surface area contributed by atoms with Gasteiger partial charge in [-0.25, -0.2) is 4.79 Å². The van der Waals surface area contributed by atoms with Crippen LogP contribution in [0.5, 0.6) is 5.88 Å². The van der Waals surface area contributed by atoms with Gasteiger partial charge in [0.2, 0.25) is 5.88 Å². The lowest BCUT2D eigenvalue weighted by molar-refractivity contribution is 0.0527. The number of ether oxygens (including phenoxy) is 2. The summed E-state index contributed by atoms with van der Waals surface area (Å²) < 4.78 is 11.0. The van der Waals surface area contributed by atoms with Gasteiger partial charge in [-0.3, -0.25) is 0 Å². The second-order valence-electron chi connectivity index (χ2n) is 2.47. The topological polar surface area (TPSA) is 48.4 Å². The molecule has 1 heterocycles. The Balaban J connectivity index is 2.92. The summed E-state index contributed by atoms with van der Waals surface area (Å²) in [5.41, 5.74) is 0. The Morgan fingerprint density at radius 1 is 1.47 bits per heavy atom. The lowest BCUT2D eigenvalue weighted by Crippen LogP contribution is -2.05. The van der Waals surface area contributed by atoms with Crippen LogP contribution in [-0.4, -0.2) is 30.4 Å². The number of thioether (sulfide) groups is 1. The van der Waals surface area contributed by atoms with E-state index in [0.717, 1.165) is 4.34 Å². The summed E-state index contributed by atoms with van der Waals surface area (Å²) in [7, 11) is 0. The summed E-state index contributed by atoms with van der Waals surface area (Å²) in [5.74, 6) is 0.0176. The second kappa shape index (κ2) is 5.97. The van der Waals surface area contributed by atoms with Crippen molar-refractivity contribution in [2.45, 2.75) is 18.2 Å². The highest BCUT2D eigenvalue weighted by Gasteiger charge is 2.20. The molecule has 0 aliphatic heterocycles. The molecule has 0 saturated carbocycles. The van der Waals surface area contributed by atoms with Crippen molar-refractivity contribution in [2.24, 2.45) is 0 Å². The molecule has 0 amide bonds. The number of hydrogen-bond donors (Lipinski definition) is 0. The molecule has 0 atom stereocenters. The minimum atomic E-state index is -0.362. The van der Waals surface area contributed by atoms with E-state index in [-0.39, 0.29) is 5.97 Å². The van der Waals surface area contributed by atoms with Crippen molar-refractivity contribution >= 4 is 29.1 Å². The van der Waals surface area contributed by atoms with Crippen LogP contribution in [0.2, 0.25) is 0 Å². The molecule has 0 N–H and O–H groups in total. The summed E-state index contributed by atoms with van der Waals surface area (Å²) in [4.78, 5) is 16.2. The summed E-state index contributed by atoms with van der Waals surface area (Å²) in [6, 6.07) is 0. The normalized spacial score (nSPS) is 10.1. The Labute approximate surface area is 97.0 Å². The van der Waals surface area contributed by atoms with Crippen molar-refractivity contribution in [2.75, 3.05) is 19.5 Å². The van der Waals surface area contributed by atoms with E-state index in [1.54, 1.807) is 6.92 Å². The molecular formula is C9H13NO3S2. The quantitative estimate of drug-likeness (QED) is 0.591. The summed E-state index contributed by atoms with van der Waals surface area (Å²) in [6.45, 7) is 4.47. The molecule has 6 heteroatoms. The number of carbonyl (C=O) groups is 1. The van der Waals surface area contributed by atoms with Gasteiger partial charge in [-0.1, -0.05) is 23.1 Å². The van der Waals surface area contributed by atoms with Crippen molar-refractivity contribution in [3.8, 4) is 5.88 Å². The van der Waals surface area contributed by atoms with Crippen molar-refractivity contribution in [1.82, 2.24) is 4.98 Å². The van der Waals surface area contributed by atoms with Crippen LogP contribution in [0.15, 0.2) is 4.34 Å². The van der Waals surface area contributed by atoms with Gasteiger partial charge in [0.1, 0.15) is 0 Å². The Kier molecular flexibility index (Phi) is 4.90. The molecule has 0 aliphatic rings. The maximum Gasteiger partial charge on any atom is 0.354 e. The smallest absolute Gasteiger partial charge is 0.354 e. The molecule has 1 aromatic rings. The fourth-order valence-corrected chi connectivity index (χ4v) is 2.33. The fourth-order valence-electron chi connectivity index (χ4n) is 0.935. The Hall–Kier alpha value is -0.750. The standard InChI is InChI=1S/C9H13NO3S2/c1-4-12-7-6(8(11)13-5-2)15-9(10-7)14-3/h4-5H2,1-3H3. The fraction of sp³-hybridized carbons (Fsp3) is 0.556. The third-order valence-electron chi connectivity index (χ3n) is 1.49. The molecule has 0 fully saturated rings. The first kappa shape index (κ1) is 12.3. The van der Waals surface area contributed by atoms with Gasteiger partial charge in [0.05, 0.1) is 13.2 Å². The van der Waals surface area contributed by atoms with Crippen LogP contribution in [0.4, 0.5) is 0 Å². The number of esters is 1. The van der Waals surface area contributed by atoms with Gasteiger partial charge in [-0.05, 0) is 20.1 Å². The Morgan fingerprint density at radius 2 is 2.20 bits per heavy atom. The minimum Gasteiger partial charge on any atom is -0.477 e. The lowest BCUT2D eigenvalue weighted by Gasteiger charge is -2.01. The zero-order chi connectivity index (χ0) is 11.3. The monoisotopic (exact) mass is 247 g/mol. The summed E-state index contributed by atoms with van der Waals surface area (Å²) in [5, 5.41) is 0. The van der Waals surface area contributed by atoms with Crippen LogP contribution >= 0.6 is 23.1 Å². The van der Waals surface area contributed by atoms with Crippen LogP contribution in [0.1, 0.15) is 23.5 Å². The Bertz CT molecular complexity index is 338. The molecule has 0 aromatic carbocycles. The van der Waals surface area contributed by atoms with Crippen LogP contribution < -0.4 is 4.74 Å². The largest absolute Gasteiger partial charge is 0.477 e. The number of nitrogens with zero attached hydrogens (tertiary/aromatic N) is 1. The highest BCUT2D eigenvalue weighted by Crippen LogP contribution is 2.31. The van der Waals surface area contributed by atoms with E-state index in [9.17, 15) is 4.79 Å². The van der Waals surface area contributed by atoms with Crippen LogP contribution in [0, 0.1) is 0 Å². The highest BCUT2D eigenvalue weighted by molar-refractivity contribution is 8.00. The van der Waals surface area contributed by atoms with E-state index < -0.39 is 0 Å². The highest BCUT2D eigenvalue weighted by atomic mass is 32.2. The van der Waals surface area contributed by atoms with E-state index in [1.165, 1.54) is 23.1 Å². The number of thiazole rings is 1. The first-order chi connectivity index (χ1) is 7.22. The maximum absolute atomic E-state index is 11.5. The molecule has 0 radical (unpaired) electrons. The van der Waals surface area contributed by atoms with Crippen molar-refractivity contribution < 1.29 is 14.3 Å². The van der Waals surface area contributed by atoms with Crippen molar-refractivity contribution in [3.05, 3.63) is 4.88 Å². The van der Waals surface area contributed by atoms with Crippen LogP contribution in [-0.2, 0) is 4.74 Å². The summed E-state index contributed by atoms with van der Waals surface area (Å²) in [6.07, 6.45) is 1.91. The van der Waals surface area contributed by atoms with Gasteiger partial charge in [0, 0.05) is 0 Å². The molecule has 84 valence electrons. The average Bonchev–Trinajstić information content (AvgIpc) is 2.62. The number of hydrogen-bond acceptors (Lipinski definition) is 6. The van der Waals surface area contributed by atoms with Gasteiger partial charge in [0.15, 0.2) is 9.22 Å². The summed E-state index contributed by atoms with van der Waals surface area (Å²) >= 11 is 2.78. The molecule has 15 heavy (non-hydrogen) atoms. The van der Waals surface area contributed by atoms with Crippen LogP contribution in [0.25, 0.3) is 0 Å². The zero-order valence-electron chi connectivity index (χ0n) is 8.90. The molecule has 0 aliphatic carbocycles. The predicted molar refractivity (Wildman–Crippen MR) is 61.0 cm³/mol. The van der Waals surface area contributed by atoms with Gasteiger partial charge >= 0.3 is 5.97 Å². The third kappa shape index (κ3) is 3.10. The number of carbonyl (C=O) groups excluding carboxylic acids is 1. The average molecular weight is 247 g/mol. The SMILES string of the molecule is CCOC(=O)c1sc(SC)nc1OCC. The molecule has 1 rings (SSSR count). The van der Waals surface area contributed by atoms with E-state index in [1.807, 2.05) is 13.2 Å². The van der Waals surface area contributed by atoms with Crippen molar-refractivity contribution in [3.63, 3.8) is 0 Å². The molecular weight excluding hydrogens is 234 g/mol. The second-order valence-corrected chi connectivity index (χ2v) is 4.52. The maximum atomic E-state index is 11.5. The molecule has 4 nitrogen and oxygen atoms in total. The molecule has 0 saturated heterocycles. The zero-order valence-corrected chi connectivity index (χ0v) is 10.5. The van der Waals surface area contributed by atoms with Gasteiger partial charge in [-0.15, -0.1) is 0 Å². The number of aromatic nitrogens is 1. The molecule has 0 spiro atoms.